The van der Waals surface area contributed by atoms with Crippen LogP contribution in [0.5, 0.6) is 0 Å². The molecule has 1 aliphatic heterocycles. The van der Waals surface area contributed by atoms with Crippen molar-refractivity contribution in [3.63, 3.8) is 0 Å². The highest BCUT2D eigenvalue weighted by molar-refractivity contribution is 7.92. The molecule has 3 aromatic rings. The second-order valence-electron chi connectivity index (χ2n) is 8.61. The molecule has 1 fully saturated rings. The average Bonchev–Trinajstić information content (AvgIpc) is 2.81. The van der Waals surface area contributed by atoms with Crippen LogP contribution in [0.25, 0.3) is 0 Å². The van der Waals surface area contributed by atoms with Crippen molar-refractivity contribution in [2.24, 2.45) is 0 Å². The van der Waals surface area contributed by atoms with E-state index in [0.717, 1.165) is 18.7 Å². The molecule has 1 aliphatic rings. The zero-order valence-electron chi connectivity index (χ0n) is 19.5. The predicted octanol–water partition coefficient (Wildman–Crippen LogP) is 5.03. The normalized spacial score (nSPS) is 14.2. The molecule has 4 rings (SSSR count). The van der Waals surface area contributed by atoms with E-state index in [1.54, 1.807) is 41.3 Å². The molecule has 0 saturated carbocycles. The number of piperazine rings is 1. The van der Waals surface area contributed by atoms with E-state index >= 15 is 0 Å². The van der Waals surface area contributed by atoms with Gasteiger partial charge in [0.15, 0.2) is 0 Å². The van der Waals surface area contributed by atoms with Gasteiger partial charge in [-0.2, -0.15) is 0 Å². The zero-order chi connectivity index (χ0) is 24.5. The molecule has 0 unspecified atom stereocenters. The number of carbonyl (C=O) groups excluding carboxylic acids is 1. The van der Waals surface area contributed by atoms with Gasteiger partial charge in [0.25, 0.3) is 15.9 Å². The van der Waals surface area contributed by atoms with E-state index in [0.29, 0.717) is 24.3 Å². The maximum atomic E-state index is 13.1. The summed E-state index contributed by atoms with van der Waals surface area (Å²) >= 11 is 6.41. The summed E-state index contributed by atoms with van der Waals surface area (Å²) in [4.78, 5) is 17.4. The van der Waals surface area contributed by atoms with E-state index < -0.39 is 10.0 Å². The Morgan fingerprint density at radius 3 is 2.24 bits per heavy atom. The molecule has 0 aliphatic carbocycles. The van der Waals surface area contributed by atoms with E-state index in [1.807, 2.05) is 6.92 Å². The Labute approximate surface area is 206 Å². The number of nitrogens with zero attached hydrogens (tertiary/aromatic N) is 2. The molecule has 0 spiro atoms. The van der Waals surface area contributed by atoms with Crippen LogP contribution < -0.4 is 9.62 Å². The van der Waals surface area contributed by atoms with Gasteiger partial charge in [-0.15, -0.1) is 0 Å². The maximum absolute atomic E-state index is 13.1. The van der Waals surface area contributed by atoms with Crippen LogP contribution >= 0.6 is 11.6 Å². The minimum absolute atomic E-state index is 0.154. The van der Waals surface area contributed by atoms with Crippen molar-refractivity contribution in [2.75, 3.05) is 35.8 Å². The molecule has 0 bridgehead atoms. The number of amides is 1. The lowest BCUT2D eigenvalue weighted by atomic mass is 10.1. The molecule has 0 aromatic heterocycles. The van der Waals surface area contributed by atoms with Gasteiger partial charge in [-0.3, -0.25) is 9.52 Å². The number of sulfonamides is 1. The smallest absolute Gasteiger partial charge is 0.261 e. The molecule has 1 N–H and O–H groups in total. The minimum atomic E-state index is -3.75. The molecule has 6 nitrogen and oxygen atoms in total. The third-order valence-corrected chi connectivity index (χ3v) is 7.98. The van der Waals surface area contributed by atoms with Gasteiger partial charge in [-0.25, -0.2) is 8.42 Å². The summed E-state index contributed by atoms with van der Waals surface area (Å²) in [5.41, 5.74) is 5.35. The van der Waals surface area contributed by atoms with Gasteiger partial charge < -0.3 is 9.80 Å². The monoisotopic (exact) mass is 497 g/mol. The third kappa shape index (κ3) is 5.05. The van der Waals surface area contributed by atoms with Crippen LogP contribution in [0.2, 0.25) is 5.02 Å². The maximum Gasteiger partial charge on any atom is 0.261 e. The fraction of sp³-hybridized carbons (Fsp3) is 0.269. The average molecular weight is 498 g/mol. The van der Waals surface area contributed by atoms with Crippen LogP contribution in [-0.2, 0) is 10.0 Å². The van der Waals surface area contributed by atoms with E-state index in [4.69, 9.17) is 11.6 Å². The van der Waals surface area contributed by atoms with E-state index in [1.165, 1.54) is 22.9 Å². The molecule has 178 valence electrons. The van der Waals surface area contributed by atoms with Crippen LogP contribution in [0.4, 0.5) is 11.4 Å². The molecule has 1 heterocycles. The second-order valence-corrected chi connectivity index (χ2v) is 10.7. The number of aryl methyl sites for hydroxylation is 2. The van der Waals surface area contributed by atoms with Crippen molar-refractivity contribution in [1.29, 1.82) is 0 Å². The number of halogens is 1. The topological polar surface area (TPSA) is 69.7 Å². The van der Waals surface area contributed by atoms with Gasteiger partial charge in [0.2, 0.25) is 0 Å². The van der Waals surface area contributed by atoms with Gasteiger partial charge in [0.05, 0.1) is 21.2 Å². The van der Waals surface area contributed by atoms with Gasteiger partial charge >= 0.3 is 0 Å². The van der Waals surface area contributed by atoms with Crippen molar-refractivity contribution in [1.82, 2.24) is 4.90 Å². The zero-order valence-corrected chi connectivity index (χ0v) is 21.1. The van der Waals surface area contributed by atoms with Crippen LogP contribution in [0.1, 0.15) is 27.0 Å². The van der Waals surface area contributed by atoms with Crippen LogP contribution in [0, 0.1) is 20.8 Å². The molecule has 0 radical (unpaired) electrons. The quantitative estimate of drug-likeness (QED) is 0.537. The SMILES string of the molecule is Cc1ccc(S(=O)(=O)Nc2ccc(C(=O)N3CCN(c4cccc(C)c4C)CC3)c(Cl)c2)cc1. The number of hydrogen-bond donors (Lipinski definition) is 1. The standard InChI is InChI=1S/C26H28ClN3O3S/c1-18-7-10-22(11-8-18)34(32,33)28-21-9-12-23(24(27)17-21)26(31)30-15-13-29(14-16-30)25-6-4-5-19(2)20(25)3/h4-12,17,28H,13-16H2,1-3H3. The second kappa shape index (κ2) is 9.68. The van der Waals surface area contributed by atoms with E-state index in [-0.39, 0.29) is 15.8 Å². The van der Waals surface area contributed by atoms with Crippen molar-refractivity contribution < 1.29 is 13.2 Å². The van der Waals surface area contributed by atoms with Crippen molar-refractivity contribution in [2.45, 2.75) is 25.7 Å². The molecule has 8 heteroatoms. The molecule has 0 atom stereocenters. The molecular weight excluding hydrogens is 470 g/mol. The minimum Gasteiger partial charge on any atom is -0.368 e. The summed E-state index contributed by atoms with van der Waals surface area (Å²) in [5.74, 6) is -0.154. The Morgan fingerprint density at radius 2 is 1.59 bits per heavy atom. The summed E-state index contributed by atoms with van der Waals surface area (Å²) < 4.78 is 27.8. The molecule has 3 aromatic carbocycles. The number of anilines is 2. The molecule has 1 saturated heterocycles. The fourth-order valence-electron chi connectivity index (χ4n) is 4.08. The highest BCUT2D eigenvalue weighted by atomic mass is 35.5. The summed E-state index contributed by atoms with van der Waals surface area (Å²) in [6, 6.07) is 17.5. The molecular formula is C26H28ClN3O3S. The largest absolute Gasteiger partial charge is 0.368 e. The summed E-state index contributed by atoms with van der Waals surface area (Å²) in [5, 5.41) is 0.214. The molecule has 34 heavy (non-hydrogen) atoms. The van der Waals surface area contributed by atoms with Gasteiger partial charge in [-0.05, 0) is 68.3 Å². The highest BCUT2D eigenvalue weighted by Crippen LogP contribution is 2.27. The summed E-state index contributed by atoms with van der Waals surface area (Å²) in [7, 11) is -3.75. The van der Waals surface area contributed by atoms with E-state index in [2.05, 4.69) is 41.7 Å². The predicted molar refractivity (Wildman–Crippen MR) is 137 cm³/mol. The number of rotatable bonds is 5. The Hall–Kier alpha value is -3.03. The lowest BCUT2D eigenvalue weighted by molar-refractivity contribution is 0.0747. The lowest BCUT2D eigenvalue weighted by Crippen LogP contribution is -2.49. The first-order valence-electron chi connectivity index (χ1n) is 11.2. The first-order valence-corrected chi connectivity index (χ1v) is 13.0. The molecule has 1 amide bonds. The number of nitrogens with one attached hydrogen (secondary N) is 1. The van der Waals surface area contributed by atoms with Gasteiger partial charge in [0.1, 0.15) is 0 Å². The fourth-order valence-corrected chi connectivity index (χ4v) is 5.39. The van der Waals surface area contributed by atoms with Crippen LogP contribution in [0.3, 0.4) is 0 Å². The van der Waals surface area contributed by atoms with Gasteiger partial charge in [0, 0.05) is 31.9 Å². The third-order valence-electron chi connectivity index (χ3n) is 6.27. The first kappa shape index (κ1) is 24.1. The first-order chi connectivity index (χ1) is 16.2. The number of hydrogen-bond acceptors (Lipinski definition) is 4. The Morgan fingerprint density at radius 1 is 0.912 bits per heavy atom. The Kier molecular flexibility index (Phi) is 6.86. The van der Waals surface area contributed by atoms with E-state index in [9.17, 15) is 13.2 Å². The van der Waals surface area contributed by atoms with Crippen molar-refractivity contribution >= 4 is 38.9 Å². The van der Waals surface area contributed by atoms with Gasteiger partial charge in [-0.1, -0.05) is 41.4 Å². The van der Waals surface area contributed by atoms with Crippen molar-refractivity contribution in [3.8, 4) is 0 Å². The van der Waals surface area contributed by atoms with Crippen LogP contribution in [-0.4, -0.2) is 45.4 Å². The van der Waals surface area contributed by atoms with Crippen LogP contribution in [0.15, 0.2) is 65.6 Å². The highest BCUT2D eigenvalue weighted by Gasteiger charge is 2.25. The Balaban J connectivity index is 1.43. The summed E-state index contributed by atoms with van der Waals surface area (Å²) in [6.07, 6.45) is 0. The Bertz CT molecular complexity index is 1320. The summed E-state index contributed by atoms with van der Waals surface area (Å²) in [6.45, 7) is 8.77. The lowest BCUT2D eigenvalue weighted by Gasteiger charge is -2.37. The number of carbonyl (C=O) groups is 1. The number of benzene rings is 3. The van der Waals surface area contributed by atoms with Crippen molar-refractivity contribution in [3.05, 3.63) is 87.9 Å².